The molecule has 0 atom stereocenters. The number of nitriles is 1. The quantitative estimate of drug-likeness (QED) is 0.842. The monoisotopic (exact) mass is 285 g/mol. The third kappa shape index (κ3) is 3.18. The average molecular weight is 285 g/mol. The summed E-state index contributed by atoms with van der Waals surface area (Å²) in [6.45, 7) is 0. The zero-order valence-corrected chi connectivity index (χ0v) is 12.0. The van der Waals surface area contributed by atoms with E-state index in [0.29, 0.717) is 34.3 Å². The number of ether oxygens (including phenoxy) is 4. The lowest BCUT2D eigenvalue weighted by molar-refractivity contribution is 0.321. The maximum absolute atomic E-state index is 8.77. The summed E-state index contributed by atoms with van der Waals surface area (Å²) >= 11 is 0. The van der Waals surface area contributed by atoms with Crippen LogP contribution in [0.2, 0.25) is 0 Å². The highest BCUT2D eigenvalue weighted by atomic mass is 16.5. The third-order valence-corrected chi connectivity index (χ3v) is 2.86. The molecule has 0 aliphatic rings. The Morgan fingerprint density at radius 3 is 1.81 bits per heavy atom. The molecule has 0 fully saturated rings. The first kappa shape index (κ1) is 14.5. The van der Waals surface area contributed by atoms with E-state index >= 15 is 0 Å². The molecule has 0 unspecified atom stereocenters. The Hall–Kier alpha value is -2.87. The lowest BCUT2D eigenvalue weighted by Gasteiger charge is -2.14. The number of nitrogens with zero attached hydrogens (tertiary/aromatic N) is 1. The van der Waals surface area contributed by atoms with Gasteiger partial charge in [-0.3, -0.25) is 0 Å². The topological polar surface area (TPSA) is 60.7 Å². The second kappa shape index (κ2) is 6.53. The summed E-state index contributed by atoms with van der Waals surface area (Å²) in [4.78, 5) is 0. The molecule has 2 rings (SSSR count). The van der Waals surface area contributed by atoms with Crippen LogP contribution in [0.4, 0.5) is 0 Å². The van der Waals surface area contributed by atoms with Gasteiger partial charge in [0, 0.05) is 12.1 Å². The van der Waals surface area contributed by atoms with Crippen molar-refractivity contribution in [3.63, 3.8) is 0 Å². The van der Waals surface area contributed by atoms with E-state index in [4.69, 9.17) is 24.2 Å². The molecule has 2 aromatic carbocycles. The second-order valence-corrected chi connectivity index (χ2v) is 4.10. The first-order valence-electron chi connectivity index (χ1n) is 6.20. The van der Waals surface area contributed by atoms with Crippen molar-refractivity contribution in [1.29, 1.82) is 5.26 Å². The minimum atomic E-state index is 0.507. The van der Waals surface area contributed by atoms with Gasteiger partial charge in [-0.2, -0.15) is 5.26 Å². The standard InChI is InChI=1S/C16H15NO4/c1-18-14-8-13(9-15(19-2)16(14)20-3)21-12-6-4-11(10-17)5-7-12/h4-9H,1-3H3. The summed E-state index contributed by atoms with van der Waals surface area (Å²) in [5.74, 6) is 2.70. The van der Waals surface area contributed by atoms with Gasteiger partial charge in [0.15, 0.2) is 11.5 Å². The van der Waals surface area contributed by atoms with Gasteiger partial charge < -0.3 is 18.9 Å². The molecule has 108 valence electrons. The van der Waals surface area contributed by atoms with Gasteiger partial charge in [-0.15, -0.1) is 0 Å². The molecule has 0 aliphatic carbocycles. The summed E-state index contributed by atoms with van der Waals surface area (Å²) in [6, 6.07) is 12.3. The van der Waals surface area contributed by atoms with Crippen molar-refractivity contribution in [1.82, 2.24) is 0 Å². The van der Waals surface area contributed by atoms with E-state index < -0.39 is 0 Å². The molecule has 0 amide bonds. The molecular formula is C16H15NO4. The Bertz CT molecular complexity index is 634. The highest BCUT2D eigenvalue weighted by Crippen LogP contribution is 2.41. The molecule has 0 spiro atoms. The largest absolute Gasteiger partial charge is 0.493 e. The van der Waals surface area contributed by atoms with Crippen molar-refractivity contribution in [2.45, 2.75) is 0 Å². The molecule has 2 aromatic rings. The summed E-state index contributed by atoms with van der Waals surface area (Å²) in [7, 11) is 4.63. The molecule has 0 N–H and O–H groups in total. The molecule has 0 saturated carbocycles. The Balaban J connectivity index is 2.33. The summed E-state index contributed by atoms with van der Waals surface area (Å²) in [5, 5.41) is 8.77. The minimum absolute atomic E-state index is 0.507. The van der Waals surface area contributed by atoms with Gasteiger partial charge in [-0.25, -0.2) is 0 Å². The number of methoxy groups -OCH3 is 3. The van der Waals surface area contributed by atoms with Crippen molar-refractivity contribution in [2.75, 3.05) is 21.3 Å². The van der Waals surface area contributed by atoms with E-state index in [1.54, 1.807) is 57.7 Å². The maximum Gasteiger partial charge on any atom is 0.203 e. The zero-order valence-electron chi connectivity index (χ0n) is 12.0. The van der Waals surface area contributed by atoms with Crippen LogP contribution in [0.5, 0.6) is 28.7 Å². The number of rotatable bonds is 5. The molecule has 0 saturated heterocycles. The number of benzene rings is 2. The normalized spacial score (nSPS) is 9.62. The zero-order chi connectivity index (χ0) is 15.2. The Labute approximate surface area is 123 Å². The highest BCUT2D eigenvalue weighted by molar-refractivity contribution is 5.56. The predicted molar refractivity (Wildman–Crippen MR) is 77.3 cm³/mol. The summed E-state index contributed by atoms with van der Waals surface area (Å²) in [5.41, 5.74) is 0.576. The Morgan fingerprint density at radius 2 is 1.38 bits per heavy atom. The minimum Gasteiger partial charge on any atom is -0.493 e. The molecule has 0 heterocycles. The third-order valence-electron chi connectivity index (χ3n) is 2.86. The van der Waals surface area contributed by atoms with Crippen LogP contribution in [0.15, 0.2) is 36.4 Å². The summed E-state index contributed by atoms with van der Waals surface area (Å²) in [6.07, 6.45) is 0. The molecule has 5 heteroatoms. The SMILES string of the molecule is COc1cc(Oc2ccc(C#N)cc2)cc(OC)c1OC. The first-order valence-corrected chi connectivity index (χ1v) is 6.20. The first-order chi connectivity index (χ1) is 10.2. The van der Waals surface area contributed by atoms with Crippen molar-refractivity contribution in [3.8, 4) is 34.8 Å². The fourth-order valence-corrected chi connectivity index (χ4v) is 1.85. The van der Waals surface area contributed by atoms with Crippen LogP contribution in [0.25, 0.3) is 0 Å². The number of hydrogen-bond acceptors (Lipinski definition) is 5. The lowest BCUT2D eigenvalue weighted by Crippen LogP contribution is -1.96. The second-order valence-electron chi connectivity index (χ2n) is 4.10. The predicted octanol–water partition coefficient (Wildman–Crippen LogP) is 3.38. The lowest BCUT2D eigenvalue weighted by atomic mass is 10.2. The summed E-state index contributed by atoms with van der Waals surface area (Å²) < 4.78 is 21.5. The van der Waals surface area contributed by atoms with Crippen LogP contribution in [-0.2, 0) is 0 Å². The van der Waals surface area contributed by atoms with Gasteiger partial charge >= 0.3 is 0 Å². The molecule has 0 bridgehead atoms. The van der Waals surface area contributed by atoms with Crippen LogP contribution in [0.1, 0.15) is 5.56 Å². The van der Waals surface area contributed by atoms with Crippen molar-refractivity contribution in [2.24, 2.45) is 0 Å². The van der Waals surface area contributed by atoms with E-state index in [-0.39, 0.29) is 0 Å². The van der Waals surface area contributed by atoms with Crippen LogP contribution in [0.3, 0.4) is 0 Å². The molecule has 21 heavy (non-hydrogen) atoms. The van der Waals surface area contributed by atoms with Gasteiger partial charge in [0.25, 0.3) is 0 Å². The van der Waals surface area contributed by atoms with Crippen LogP contribution < -0.4 is 18.9 Å². The fourth-order valence-electron chi connectivity index (χ4n) is 1.85. The van der Waals surface area contributed by atoms with Crippen LogP contribution in [-0.4, -0.2) is 21.3 Å². The van der Waals surface area contributed by atoms with Gasteiger partial charge in [0.2, 0.25) is 5.75 Å². The smallest absolute Gasteiger partial charge is 0.203 e. The van der Waals surface area contributed by atoms with Gasteiger partial charge in [-0.05, 0) is 24.3 Å². The van der Waals surface area contributed by atoms with E-state index in [1.165, 1.54) is 0 Å². The van der Waals surface area contributed by atoms with Crippen molar-refractivity contribution < 1.29 is 18.9 Å². The van der Waals surface area contributed by atoms with Gasteiger partial charge in [0.1, 0.15) is 11.5 Å². The van der Waals surface area contributed by atoms with Crippen LogP contribution in [0, 0.1) is 11.3 Å². The average Bonchev–Trinajstić information content (AvgIpc) is 2.54. The van der Waals surface area contributed by atoms with Gasteiger partial charge in [0.05, 0.1) is 33.0 Å². The van der Waals surface area contributed by atoms with Gasteiger partial charge in [-0.1, -0.05) is 0 Å². The Morgan fingerprint density at radius 1 is 0.810 bits per heavy atom. The molecule has 0 aromatic heterocycles. The van der Waals surface area contributed by atoms with E-state index in [2.05, 4.69) is 6.07 Å². The van der Waals surface area contributed by atoms with E-state index in [9.17, 15) is 0 Å². The molecule has 0 radical (unpaired) electrons. The van der Waals surface area contributed by atoms with E-state index in [1.807, 2.05) is 0 Å². The Kier molecular flexibility index (Phi) is 4.52. The van der Waals surface area contributed by atoms with Crippen LogP contribution >= 0.6 is 0 Å². The molecular weight excluding hydrogens is 270 g/mol. The molecule has 5 nitrogen and oxygen atoms in total. The highest BCUT2D eigenvalue weighted by Gasteiger charge is 2.14. The van der Waals surface area contributed by atoms with E-state index in [0.717, 1.165) is 0 Å². The van der Waals surface area contributed by atoms with Crippen molar-refractivity contribution in [3.05, 3.63) is 42.0 Å². The van der Waals surface area contributed by atoms with Crippen molar-refractivity contribution >= 4 is 0 Å². The maximum atomic E-state index is 8.77. The molecule has 0 aliphatic heterocycles. The fraction of sp³-hybridized carbons (Fsp3) is 0.188. The number of hydrogen-bond donors (Lipinski definition) is 0.